The highest BCUT2D eigenvalue weighted by molar-refractivity contribution is 5.76. The van der Waals surface area contributed by atoms with Gasteiger partial charge in [-0.3, -0.25) is 4.57 Å². The van der Waals surface area contributed by atoms with E-state index >= 15 is 0 Å². The first-order valence-electron chi connectivity index (χ1n) is 5.97. The Balaban J connectivity index is 2.22. The van der Waals surface area contributed by atoms with Crippen molar-refractivity contribution in [2.24, 2.45) is 5.84 Å². The van der Waals surface area contributed by atoms with E-state index in [9.17, 15) is 13.2 Å². The lowest BCUT2D eigenvalue weighted by Crippen LogP contribution is -2.13. The van der Waals surface area contributed by atoms with E-state index in [2.05, 4.69) is 15.4 Å². The number of halogens is 3. The number of nitrogens with zero attached hydrogens (tertiary/aromatic N) is 3. The van der Waals surface area contributed by atoms with Crippen molar-refractivity contribution in [2.75, 3.05) is 5.43 Å². The van der Waals surface area contributed by atoms with Gasteiger partial charge in [-0.15, -0.1) is 0 Å². The zero-order chi connectivity index (χ0) is 15.0. The minimum atomic E-state index is -4.49. The second kappa shape index (κ2) is 4.74. The number of aromatic nitrogens is 3. The number of nitrogens with one attached hydrogen (secondary N) is 1. The lowest BCUT2D eigenvalue weighted by atomic mass is 10.2. The predicted octanol–water partition coefficient (Wildman–Crippen LogP) is 2.72. The molecular weight excluding hydrogens is 283 g/mol. The molecule has 0 aliphatic carbocycles. The second-order valence-corrected chi connectivity index (χ2v) is 4.34. The normalized spacial score (nSPS) is 11.8. The summed E-state index contributed by atoms with van der Waals surface area (Å²) in [4.78, 5) is 8.18. The highest BCUT2D eigenvalue weighted by Gasteiger charge is 2.32. The number of pyridine rings is 1. The van der Waals surface area contributed by atoms with Gasteiger partial charge < -0.3 is 5.43 Å². The Labute approximate surface area is 117 Å². The number of benzene rings is 1. The van der Waals surface area contributed by atoms with Gasteiger partial charge in [-0.1, -0.05) is 12.1 Å². The summed E-state index contributed by atoms with van der Waals surface area (Å²) < 4.78 is 40.2. The van der Waals surface area contributed by atoms with Crippen LogP contribution in [-0.2, 0) is 6.18 Å². The molecule has 0 radical (unpaired) electrons. The molecule has 21 heavy (non-hydrogen) atoms. The smallest absolute Gasteiger partial charge is 0.308 e. The number of anilines is 1. The van der Waals surface area contributed by atoms with E-state index in [4.69, 9.17) is 5.84 Å². The molecule has 3 N–H and O–H groups in total. The number of hydrogen-bond donors (Lipinski definition) is 2. The first-order chi connectivity index (χ1) is 9.99. The molecule has 0 spiro atoms. The van der Waals surface area contributed by atoms with Crippen molar-refractivity contribution in [3.63, 3.8) is 0 Å². The molecule has 0 unspecified atom stereocenters. The number of nitrogen functional groups attached to an aromatic ring is 1. The summed E-state index contributed by atoms with van der Waals surface area (Å²) in [5, 5.41) is 0. The third kappa shape index (κ3) is 2.40. The first-order valence-corrected chi connectivity index (χ1v) is 5.97. The van der Waals surface area contributed by atoms with Crippen molar-refractivity contribution in [1.82, 2.24) is 14.5 Å². The van der Waals surface area contributed by atoms with Crippen LogP contribution in [0.3, 0.4) is 0 Å². The van der Waals surface area contributed by atoms with Gasteiger partial charge >= 0.3 is 6.18 Å². The Morgan fingerprint density at radius 2 is 1.90 bits per heavy atom. The average molecular weight is 293 g/mol. The number of hydrazine groups is 1. The summed E-state index contributed by atoms with van der Waals surface area (Å²) in [5.41, 5.74) is 2.64. The van der Waals surface area contributed by atoms with Crippen LogP contribution < -0.4 is 11.3 Å². The minimum Gasteiger partial charge on any atom is -0.308 e. The van der Waals surface area contributed by atoms with Crippen molar-refractivity contribution in [2.45, 2.75) is 6.18 Å². The van der Waals surface area contributed by atoms with Gasteiger partial charge in [0, 0.05) is 0 Å². The van der Waals surface area contributed by atoms with Crippen molar-refractivity contribution in [1.29, 1.82) is 0 Å². The Hall–Kier alpha value is -2.61. The molecule has 2 aromatic heterocycles. The van der Waals surface area contributed by atoms with Crippen LogP contribution in [0, 0.1) is 0 Å². The van der Waals surface area contributed by atoms with Crippen molar-refractivity contribution >= 4 is 16.9 Å². The molecule has 0 saturated carbocycles. The molecule has 1 aromatic carbocycles. The van der Waals surface area contributed by atoms with Crippen LogP contribution in [0.15, 0.2) is 42.7 Å². The molecule has 0 aliphatic rings. The SMILES string of the molecule is NNc1cc(C(F)(F)F)cc(-n2cnc3ccccc32)n1. The maximum Gasteiger partial charge on any atom is 0.416 e. The van der Waals surface area contributed by atoms with Gasteiger partial charge in [0.1, 0.15) is 18.0 Å². The molecule has 0 bridgehead atoms. The Bertz CT molecular complexity index is 794. The maximum atomic E-state index is 12.9. The number of fused-ring (bicyclic) bond motifs is 1. The standard InChI is InChI=1S/C13H10F3N5/c14-13(15,16)8-5-11(20-17)19-12(6-8)21-7-18-9-3-1-2-4-10(9)21/h1-7H,17H2,(H,19,20). The van der Waals surface area contributed by atoms with E-state index < -0.39 is 11.7 Å². The molecule has 8 heteroatoms. The molecule has 108 valence electrons. The van der Waals surface area contributed by atoms with Crippen LogP contribution in [0.5, 0.6) is 0 Å². The van der Waals surface area contributed by atoms with Gasteiger partial charge in [0.25, 0.3) is 0 Å². The monoisotopic (exact) mass is 293 g/mol. The van der Waals surface area contributed by atoms with Gasteiger partial charge in [-0.25, -0.2) is 15.8 Å². The molecule has 0 aliphatic heterocycles. The van der Waals surface area contributed by atoms with Crippen LogP contribution in [0.4, 0.5) is 19.0 Å². The van der Waals surface area contributed by atoms with Gasteiger partial charge in [0.05, 0.1) is 16.6 Å². The Kier molecular flexibility index (Phi) is 3.02. The second-order valence-electron chi connectivity index (χ2n) is 4.34. The topological polar surface area (TPSA) is 68.8 Å². The van der Waals surface area contributed by atoms with Crippen LogP contribution in [0.2, 0.25) is 0 Å². The van der Waals surface area contributed by atoms with E-state index in [1.54, 1.807) is 24.3 Å². The lowest BCUT2D eigenvalue weighted by Gasteiger charge is -2.12. The molecule has 3 aromatic rings. The Morgan fingerprint density at radius 3 is 2.62 bits per heavy atom. The fourth-order valence-electron chi connectivity index (χ4n) is 2.02. The fraction of sp³-hybridized carbons (Fsp3) is 0.0769. The van der Waals surface area contributed by atoms with Crippen LogP contribution in [-0.4, -0.2) is 14.5 Å². The Morgan fingerprint density at radius 1 is 1.14 bits per heavy atom. The summed E-state index contributed by atoms with van der Waals surface area (Å²) >= 11 is 0. The highest BCUT2D eigenvalue weighted by Crippen LogP contribution is 2.32. The lowest BCUT2D eigenvalue weighted by molar-refractivity contribution is -0.137. The first kappa shape index (κ1) is 13.4. The fourth-order valence-corrected chi connectivity index (χ4v) is 2.02. The van der Waals surface area contributed by atoms with Crippen molar-refractivity contribution < 1.29 is 13.2 Å². The third-order valence-corrected chi connectivity index (χ3v) is 2.99. The largest absolute Gasteiger partial charge is 0.416 e. The van der Waals surface area contributed by atoms with Crippen molar-refractivity contribution in [3.05, 3.63) is 48.3 Å². The van der Waals surface area contributed by atoms with Crippen LogP contribution >= 0.6 is 0 Å². The minimum absolute atomic E-state index is 0.0717. The van der Waals surface area contributed by atoms with Gasteiger partial charge in [-0.05, 0) is 24.3 Å². The quantitative estimate of drug-likeness (QED) is 0.563. The molecule has 0 amide bonds. The van der Waals surface area contributed by atoms with Gasteiger partial charge in [0.2, 0.25) is 0 Å². The van der Waals surface area contributed by atoms with Crippen molar-refractivity contribution in [3.8, 4) is 5.82 Å². The average Bonchev–Trinajstić information content (AvgIpc) is 2.89. The van der Waals surface area contributed by atoms with E-state index in [-0.39, 0.29) is 11.6 Å². The molecule has 3 rings (SSSR count). The maximum absolute atomic E-state index is 12.9. The van der Waals surface area contributed by atoms with E-state index in [0.29, 0.717) is 11.0 Å². The summed E-state index contributed by atoms with van der Waals surface area (Å²) in [7, 11) is 0. The third-order valence-electron chi connectivity index (χ3n) is 2.99. The number of nitrogens with two attached hydrogens (primary N) is 1. The molecule has 0 atom stereocenters. The van der Waals surface area contributed by atoms with E-state index in [1.165, 1.54) is 10.9 Å². The molecule has 0 saturated heterocycles. The number of hydrogen-bond acceptors (Lipinski definition) is 4. The molecule has 5 nitrogen and oxygen atoms in total. The number of alkyl halides is 3. The number of imidazole rings is 1. The zero-order valence-electron chi connectivity index (χ0n) is 10.6. The highest BCUT2D eigenvalue weighted by atomic mass is 19.4. The summed E-state index contributed by atoms with van der Waals surface area (Å²) in [6.45, 7) is 0. The van der Waals surface area contributed by atoms with Crippen LogP contribution in [0.1, 0.15) is 5.56 Å². The zero-order valence-corrected chi connectivity index (χ0v) is 10.6. The summed E-state index contributed by atoms with van der Waals surface area (Å²) in [6.07, 6.45) is -3.06. The molecule has 2 heterocycles. The number of rotatable bonds is 2. The number of para-hydroxylation sites is 2. The van der Waals surface area contributed by atoms with E-state index in [0.717, 1.165) is 12.1 Å². The predicted molar refractivity (Wildman–Crippen MR) is 71.7 cm³/mol. The van der Waals surface area contributed by atoms with E-state index in [1.807, 2.05) is 0 Å². The van der Waals surface area contributed by atoms with Gasteiger partial charge in [0.15, 0.2) is 0 Å². The van der Waals surface area contributed by atoms with Gasteiger partial charge in [-0.2, -0.15) is 13.2 Å². The van der Waals surface area contributed by atoms with Crippen LogP contribution in [0.25, 0.3) is 16.9 Å². The summed E-state index contributed by atoms with van der Waals surface area (Å²) in [5.74, 6) is 5.21. The summed E-state index contributed by atoms with van der Waals surface area (Å²) in [6, 6.07) is 8.89. The molecule has 0 fully saturated rings. The molecular formula is C13H10F3N5.